The maximum Gasteiger partial charge on any atom is 0.123 e. The third-order valence-electron chi connectivity index (χ3n) is 3.01. The number of phenolic OH excluding ortho intramolecular Hbond substituents is 1. The van der Waals surface area contributed by atoms with Gasteiger partial charge in [0, 0.05) is 0 Å². The van der Waals surface area contributed by atoms with Crippen LogP contribution >= 0.6 is 0 Å². The lowest BCUT2D eigenvalue weighted by atomic mass is 9.90. The summed E-state index contributed by atoms with van der Waals surface area (Å²) in [5.41, 5.74) is 0.738. The van der Waals surface area contributed by atoms with Crippen LogP contribution in [0.4, 0.5) is 4.39 Å². The van der Waals surface area contributed by atoms with Crippen molar-refractivity contribution in [3.05, 3.63) is 29.6 Å². The highest BCUT2D eigenvalue weighted by Crippen LogP contribution is 2.24. The molecule has 1 aromatic rings. The molecule has 3 heteroatoms. The number of nitrogens with one attached hydrogen (secondary N) is 1. The Morgan fingerprint density at radius 3 is 2.80 bits per heavy atom. The van der Waals surface area contributed by atoms with Crippen LogP contribution in [0.3, 0.4) is 0 Å². The van der Waals surface area contributed by atoms with Crippen molar-refractivity contribution in [3.63, 3.8) is 0 Å². The van der Waals surface area contributed by atoms with E-state index in [9.17, 15) is 9.50 Å². The fourth-order valence-corrected chi connectivity index (χ4v) is 2.11. The van der Waals surface area contributed by atoms with Crippen molar-refractivity contribution in [3.8, 4) is 5.75 Å². The fraction of sp³-hybridized carbons (Fsp3) is 0.500. The average Bonchev–Trinajstić information content (AvgIpc) is 2.25. The summed E-state index contributed by atoms with van der Waals surface area (Å²) in [5, 5.41) is 12.9. The molecule has 0 atom stereocenters. The summed E-state index contributed by atoms with van der Waals surface area (Å²) in [4.78, 5) is 0. The number of phenols is 1. The highest BCUT2D eigenvalue weighted by atomic mass is 19.1. The number of halogens is 1. The molecule has 1 aliphatic rings. The minimum atomic E-state index is -0.267. The van der Waals surface area contributed by atoms with Crippen LogP contribution in [-0.4, -0.2) is 18.2 Å². The zero-order valence-corrected chi connectivity index (χ0v) is 8.67. The van der Waals surface area contributed by atoms with E-state index in [0.29, 0.717) is 5.92 Å². The Labute approximate surface area is 89.1 Å². The van der Waals surface area contributed by atoms with Crippen LogP contribution in [0, 0.1) is 11.7 Å². The molecular formula is C12H16FNO. The first-order valence-corrected chi connectivity index (χ1v) is 5.44. The van der Waals surface area contributed by atoms with Gasteiger partial charge in [-0.1, -0.05) is 0 Å². The zero-order chi connectivity index (χ0) is 10.7. The second kappa shape index (κ2) is 4.62. The molecule has 1 heterocycles. The molecule has 0 spiro atoms. The lowest BCUT2D eigenvalue weighted by Crippen LogP contribution is -2.28. The van der Waals surface area contributed by atoms with Gasteiger partial charge in [-0.05, 0) is 62.0 Å². The third kappa shape index (κ3) is 2.69. The Hall–Kier alpha value is -1.09. The van der Waals surface area contributed by atoms with Gasteiger partial charge in [-0.15, -0.1) is 0 Å². The molecule has 2 rings (SSSR count). The molecule has 1 aromatic carbocycles. The van der Waals surface area contributed by atoms with Crippen molar-refractivity contribution in [1.29, 1.82) is 0 Å². The van der Waals surface area contributed by atoms with E-state index in [1.807, 2.05) is 0 Å². The minimum Gasteiger partial charge on any atom is -0.508 e. The maximum atomic E-state index is 13.0. The van der Waals surface area contributed by atoms with E-state index in [4.69, 9.17) is 0 Å². The summed E-state index contributed by atoms with van der Waals surface area (Å²) in [6, 6.07) is 4.17. The lowest BCUT2D eigenvalue weighted by Gasteiger charge is -2.22. The fourth-order valence-electron chi connectivity index (χ4n) is 2.11. The molecule has 0 radical (unpaired) electrons. The van der Waals surface area contributed by atoms with Crippen LogP contribution in [0.15, 0.2) is 18.2 Å². The largest absolute Gasteiger partial charge is 0.508 e. The number of hydrogen-bond acceptors (Lipinski definition) is 2. The van der Waals surface area contributed by atoms with Crippen molar-refractivity contribution in [1.82, 2.24) is 5.32 Å². The quantitative estimate of drug-likeness (QED) is 0.781. The van der Waals surface area contributed by atoms with Gasteiger partial charge >= 0.3 is 0 Å². The van der Waals surface area contributed by atoms with Crippen LogP contribution < -0.4 is 5.32 Å². The first kappa shape index (κ1) is 10.4. The topological polar surface area (TPSA) is 32.3 Å². The van der Waals surface area contributed by atoms with Gasteiger partial charge in [0.1, 0.15) is 11.6 Å². The Bertz CT molecular complexity index is 334. The van der Waals surface area contributed by atoms with Gasteiger partial charge in [0.05, 0.1) is 0 Å². The summed E-state index contributed by atoms with van der Waals surface area (Å²) in [5.74, 6) is 0.519. The highest BCUT2D eigenvalue weighted by molar-refractivity contribution is 5.32. The van der Waals surface area contributed by atoms with Gasteiger partial charge in [0.15, 0.2) is 0 Å². The van der Waals surface area contributed by atoms with E-state index in [2.05, 4.69) is 5.32 Å². The normalized spacial score (nSPS) is 17.9. The van der Waals surface area contributed by atoms with E-state index in [0.717, 1.165) is 37.9 Å². The Morgan fingerprint density at radius 2 is 2.07 bits per heavy atom. The van der Waals surface area contributed by atoms with Crippen molar-refractivity contribution < 1.29 is 9.50 Å². The summed E-state index contributed by atoms with van der Waals surface area (Å²) >= 11 is 0. The van der Waals surface area contributed by atoms with Gasteiger partial charge in [-0.3, -0.25) is 0 Å². The van der Waals surface area contributed by atoms with Crippen LogP contribution in [0.5, 0.6) is 5.75 Å². The van der Waals surface area contributed by atoms with E-state index in [1.165, 1.54) is 18.2 Å². The zero-order valence-electron chi connectivity index (χ0n) is 8.67. The number of rotatable bonds is 2. The molecule has 0 amide bonds. The van der Waals surface area contributed by atoms with Crippen molar-refractivity contribution >= 4 is 0 Å². The Morgan fingerprint density at radius 1 is 1.33 bits per heavy atom. The molecule has 0 saturated carbocycles. The van der Waals surface area contributed by atoms with Gasteiger partial charge in [-0.2, -0.15) is 0 Å². The predicted octanol–water partition coefficient (Wildman–Crippen LogP) is 2.07. The van der Waals surface area contributed by atoms with Gasteiger partial charge in [0.2, 0.25) is 0 Å². The first-order chi connectivity index (χ1) is 7.25. The van der Waals surface area contributed by atoms with Gasteiger partial charge in [0.25, 0.3) is 0 Å². The van der Waals surface area contributed by atoms with Crippen LogP contribution in [0.2, 0.25) is 0 Å². The SMILES string of the molecule is Oc1ccc(F)cc1CC1CCNCC1. The summed E-state index contributed by atoms with van der Waals surface area (Å²) < 4.78 is 13.0. The number of benzene rings is 1. The molecule has 1 fully saturated rings. The van der Waals surface area contributed by atoms with Crippen LogP contribution in [0.25, 0.3) is 0 Å². The molecule has 1 aliphatic heterocycles. The minimum absolute atomic E-state index is 0.218. The molecular weight excluding hydrogens is 193 g/mol. The molecule has 0 unspecified atom stereocenters. The van der Waals surface area contributed by atoms with Crippen molar-refractivity contribution in [2.24, 2.45) is 5.92 Å². The van der Waals surface area contributed by atoms with E-state index >= 15 is 0 Å². The molecule has 1 saturated heterocycles. The highest BCUT2D eigenvalue weighted by Gasteiger charge is 2.15. The average molecular weight is 209 g/mol. The van der Waals surface area contributed by atoms with Crippen LogP contribution in [-0.2, 0) is 6.42 Å². The lowest BCUT2D eigenvalue weighted by molar-refractivity contribution is 0.365. The van der Waals surface area contributed by atoms with Gasteiger partial charge in [-0.25, -0.2) is 4.39 Å². The number of piperidine rings is 1. The smallest absolute Gasteiger partial charge is 0.123 e. The van der Waals surface area contributed by atoms with Crippen LogP contribution in [0.1, 0.15) is 18.4 Å². The number of aromatic hydroxyl groups is 1. The van der Waals surface area contributed by atoms with Crippen molar-refractivity contribution in [2.45, 2.75) is 19.3 Å². The second-order valence-electron chi connectivity index (χ2n) is 4.17. The first-order valence-electron chi connectivity index (χ1n) is 5.44. The van der Waals surface area contributed by atoms with E-state index in [1.54, 1.807) is 0 Å². The Balaban J connectivity index is 2.05. The number of hydrogen-bond donors (Lipinski definition) is 2. The summed E-state index contributed by atoms with van der Waals surface area (Å²) in [7, 11) is 0. The molecule has 2 nitrogen and oxygen atoms in total. The molecule has 0 aliphatic carbocycles. The molecule has 15 heavy (non-hydrogen) atoms. The standard InChI is InChI=1S/C12H16FNO/c13-11-1-2-12(15)10(8-11)7-9-3-5-14-6-4-9/h1-2,8-9,14-15H,3-7H2. The summed E-state index contributed by atoms with van der Waals surface area (Å²) in [6.07, 6.45) is 3.00. The second-order valence-corrected chi connectivity index (χ2v) is 4.17. The molecule has 82 valence electrons. The maximum absolute atomic E-state index is 13.0. The van der Waals surface area contributed by atoms with E-state index in [-0.39, 0.29) is 11.6 Å². The Kier molecular flexibility index (Phi) is 3.21. The molecule has 0 aromatic heterocycles. The summed E-state index contributed by atoms with van der Waals surface area (Å²) in [6.45, 7) is 2.06. The molecule has 2 N–H and O–H groups in total. The molecule has 0 bridgehead atoms. The van der Waals surface area contributed by atoms with E-state index < -0.39 is 0 Å². The van der Waals surface area contributed by atoms with Crippen molar-refractivity contribution in [2.75, 3.05) is 13.1 Å². The van der Waals surface area contributed by atoms with Gasteiger partial charge < -0.3 is 10.4 Å². The monoisotopic (exact) mass is 209 g/mol. The third-order valence-corrected chi connectivity index (χ3v) is 3.01. The predicted molar refractivity (Wildman–Crippen MR) is 57.4 cm³/mol.